The van der Waals surface area contributed by atoms with Gasteiger partial charge in [-0.05, 0) is 43.5 Å². The first kappa shape index (κ1) is 13.9. The average Bonchev–Trinajstić information content (AvgIpc) is 3.19. The van der Waals surface area contributed by atoms with Crippen LogP contribution in [-0.4, -0.2) is 36.1 Å². The predicted molar refractivity (Wildman–Crippen MR) is 74.8 cm³/mol. The zero-order chi connectivity index (χ0) is 13.7. The van der Waals surface area contributed by atoms with Crippen LogP contribution in [0, 0.1) is 5.92 Å². The number of phenolic OH excluding ortho intramolecular Hbond substituents is 1. The van der Waals surface area contributed by atoms with Crippen LogP contribution in [-0.2, 0) is 11.3 Å². The Morgan fingerprint density at radius 2 is 2.26 bits per heavy atom. The molecule has 2 rings (SSSR count). The van der Waals surface area contributed by atoms with Gasteiger partial charge in [-0.3, -0.25) is 4.79 Å². The molecule has 2 N–H and O–H groups in total. The second-order valence-corrected chi connectivity index (χ2v) is 5.24. The largest absolute Gasteiger partial charge is 0.508 e. The van der Waals surface area contributed by atoms with Crippen molar-refractivity contribution in [3.05, 3.63) is 29.8 Å². The molecule has 0 bridgehead atoms. The second-order valence-electron chi connectivity index (χ2n) is 5.24. The van der Waals surface area contributed by atoms with Crippen LogP contribution in [0.1, 0.15) is 24.8 Å². The van der Waals surface area contributed by atoms with Crippen LogP contribution in [0.3, 0.4) is 0 Å². The summed E-state index contributed by atoms with van der Waals surface area (Å²) in [4.78, 5) is 14.1. The van der Waals surface area contributed by atoms with Crippen molar-refractivity contribution in [2.75, 3.05) is 20.1 Å². The molecule has 0 unspecified atom stereocenters. The fraction of sp³-hybridized carbons (Fsp3) is 0.533. The van der Waals surface area contributed by atoms with Crippen molar-refractivity contribution in [1.82, 2.24) is 10.2 Å². The average molecular weight is 262 g/mol. The van der Waals surface area contributed by atoms with E-state index in [0.717, 1.165) is 12.1 Å². The van der Waals surface area contributed by atoms with Crippen LogP contribution in [0.5, 0.6) is 5.75 Å². The van der Waals surface area contributed by atoms with Crippen LogP contribution in [0.25, 0.3) is 0 Å². The minimum Gasteiger partial charge on any atom is -0.508 e. The normalized spacial score (nSPS) is 14.4. The lowest BCUT2D eigenvalue weighted by Gasteiger charge is -2.23. The summed E-state index contributed by atoms with van der Waals surface area (Å²) >= 11 is 0. The van der Waals surface area contributed by atoms with Crippen molar-refractivity contribution in [3.8, 4) is 5.75 Å². The maximum absolute atomic E-state index is 12.2. The molecule has 0 atom stereocenters. The van der Waals surface area contributed by atoms with Crippen LogP contribution >= 0.6 is 0 Å². The highest BCUT2D eigenvalue weighted by Crippen LogP contribution is 2.30. The van der Waals surface area contributed by atoms with Crippen LogP contribution in [0.15, 0.2) is 24.3 Å². The number of amides is 1. The quantitative estimate of drug-likeness (QED) is 0.787. The number of hydrogen-bond acceptors (Lipinski definition) is 3. The molecule has 0 heterocycles. The van der Waals surface area contributed by atoms with Gasteiger partial charge in [-0.25, -0.2) is 0 Å². The molecule has 0 spiro atoms. The number of benzene rings is 1. The monoisotopic (exact) mass is 262 g/mol. The highest BCUT2D eigenvalue weighted by Gasteiger charge is 2.26. The predicted octanol–water partition coefficient (Wildman–Crippen LogP) is 1.74. The number of nitrogens with one attached hydrogen (secondary N) is 1. The van der Waals surface area contributed by atoms with E-state index in [9.17, 15) is 9.90 Å². The van der Waals surface area contributed by atoms with E-state index in [-0.39, 0.29) is 11.7 Å². The van der Waals surface area contributed by atoms with E-state index < -0.39 is 0 Å². The van der Waals surface area contributed by atoms with E-state index in [1.807, 2.05) is 24.1 Å². The molecule has 1 amide bonds. The van der Waals surface area contributed by atoms with Crippen LogP contribution < -0.4 is 5.32 Å². The third kappa shape index (κ3) is 4.56. The first-order valence-corrected chi connectivity index (χ1v) is 6.89. The number of phenols is 1. The third-order valence-electron chi connectivity index (χ3n) is 3.40. The molecule has 0 radical (unpaired) electrons. The summed E-state index contributed by atoms with van der Waals surface area (Å²) in [5.74, 6) is 1.12. The lowest BCUT2D eigenvalue weighted by Crippen LogP contribution is -2.34. The summed E-state index contributed by atoms with van der Waals surface area (Å²) in [5.41, 5.74) is 0.985. The summed E-state index contributed by atoms with van der Waals surface area (Å²) in [6.45, 7) is 2.14. The highest BCUT2D eigenvalue weighted by molar-refractivity contribution is 5.76. The van der Waals surface area contributed by atoms with Gasteiger partial charge >= 0.3 is 0 Å². The first-order valence-electron chi connectivity index (χ1n) is 6.89. The third-order valence-corrected chi connectivity index (χ3v) is 3.40. The Bertz CT molecular complexity index is 430. The van der Waals surface area contributed by atoms with E-state index in [1.54, 1.807) is 12.1 Å². The molecule has 104 valence electrons. The molecule has 1 fully saturated rings. The van der Waals surface area contributed by atoms with Gasteiger partial charge in [-0.15, -0.1) is 0 Å². The topological polar surface area (TPSA) is 52.6 Å². The van der Waals surface area contributed by atoms with E-state index in [2.05, 4.69) is 5.32 Å². The number of carbonyl (C=O) groups is 1. The van der Waals surface area contributed by atoms with Crippen molar-refractivity contribution in [2.45, 2.75) is 25.8 Å². The Morgan fingerprint density at radius 1 is 1.47 bits per heavy atom. The molecule has 1 saturated carbocycles. The van der Waals surface area contributed by atoms with Crippen molar-refractivity contribution < 1.29 is 9.90 Å². The summed E-state index contributed by atoms with van der Waals surface area (Å²) in [6, 6.07) is 7.14. The minimum absolute atomic E-state index is 0.185. The van der Waals surface area contributed by atoms with Crippen molar-refractivity contribution in [1.29, 1.82) is 0 Å². The maximum Gasteiger partial charge on any atom is 0.224 e. The lowest BCUT2D eigenvalue weighted by molar-refractivity contribution is -0.132. The van der Waals surface area contributed by atoms with E-state index in [4.69, 9.17) is 0 Å². The summed E-state index contributed by atoms with van der Waals surface area (Å²) in [6.07, 6.45) is 2.99. The van der Waals surface area contributed by atoms with Crippen molar-refractivity contribution in [2.24, 2.45) is 5.92 Å². The number of nitrogens with zero attached hydrogens (tertiary/aromatic N) is 1. The molecular weight excluding hydrogens is 240 g/mol. The smallest absolute Gasteiger partial charge is 0.224 e. The molecule has 0 aliphatic heterocycles. The number of hydrogen-bond donors (Lipinski definition) is 2. The number of aromatic hydroxyl groups is 1. The van der Waals surface area contributed by atoms with Crippen LogP contribution in [0.2, 0.25) is 0 Å². The molecule has 1 aromatic carbocycles. The van der Waals surface area contributed by atoms with Gasteiger partial charge in [0.1, 0.15) is 5.75 Å². The number of carbonyl (C=O) groups excluding carboxylic acids is 1. The molecule has 4 nitrogen and oxygen atoms in total. The molecule has 1 aromatic rings. The van der Waals surface area contributed by atoms with Crippen LogP contribution in [0.4, 0.5) is 0 Å². The molecule has 1 aliphatic rings. The van der Waals surface area contributed by atoms with E-state index in [1.165, 1.54) is 12.8 Å². The first-order chi connectivity index (χ1) is 9.19. The van der Waals surface area contributed by atoms with Crippen molar-refractivity contribution in [3.63, 3.8) is 0 Å². The van der Waals surface area contributed by atoms with Gasteiger partial charge in [0.25, 0.3) is 0 Å². The Hall–Kier alpha value is -1.55. The summed E-state index contributed by atoms with van der Waals surface area (Å²) in [7, 11) is 1.85. The second kappa shape index (κ2) is 6.57. The van der Waals surface area contributed by atoms with E-state index >= 15 is 0 Å². The molecule has 0 aromatic heterocycles. The summed E-state index contributed by atoms with van der Waals surface area (Å²) in [5, 5.41) is 12.5. The fourth-order valence-corrected chi connectivity index (χ4v) is 2.13. The van der Waals surface area contributed by atoms with Gasteiger partial charge in [-0.1, -0.05) is 12.1 Å². The molecule has 19 heavy (non-hydrogen) atoms. The Morgan fingerprint density at radius 3 is 2.89 bits per heavy atom. The van der Waals surface area contributed by atoms with Gasteiger partial charge < -0.3 is 15.3 Å². The zero-order valence-electron chi connectivity index (χ0n) is 11.4. The fourth-order valence-electron chi connectivity index (χ4n) is 2.13. The maximum atomic E-state index is 12.2. The zero-order valence-corrected chi connectivity index (χ0v) is 11.4. The number of rotatable bonds is 7. The standard InChI is InChI=1S/C15H22N2O2/c1-16-8-7-15(19)17(10-12-5-6-12)11-13-3-2-4-14(18)9-13/h2-4,9,12,16,18H,5-8,10-11H2,1H3. The van der Waals surface area contributed by atoms with Gasteiger partial charge in [0.15, 0.2) is 0 Å². The van der Waals surface area contributed by atoms with Gasteiger partial charge in [0.05, 0.1) is 0 Å². The Balaban J connectivity index is 1.97. The Labute approximate surface area is 114 Å². The van der Waals surface area contributed by atoms with Crippen molar-refractivity contribution >= 4 is 5.91 Å². The SMILES string of the molecule is CNCCC(=O)N(Cc1cccc(O)c1)CC1CC1. The molecule has 0 saturated heterocycles. The highest BCUT2D eigenvalue weighted by atomic mass is 16.3. The molecule has 1 aliphatic carbocycles. The molecule has 4 heteroatoms. The summed E-state index contributed by atoms with van der Waals surface area (Å²) < 4.78 is 0. The lowest BCUT2D eigenvalue weighted by atomic mass is 10.2. The van der Waals surface area contributed by atoms with Gasteiger partial charge in [-0.2, -0.15) is 0 Å². The van der Waals surface area contributed by atoms with Gasteiger partial charge in [0, 0.05) is 26.1 Å². The van der Waals surface area contributed by atoms with Gasteiger partial charge in [0.2, 0.25) is 5.91 Å². The molecular formula is C15H22N2O2. The minimum atomic E-state index is 0.185. The Kier molecular flexibility index (Phi) is 4.80. The van der Waals surface area contributed by atoms with E-state index in [0.29, 0.717) is 25.4 Å².